The first-order chi connectivity index (χ1) is 12.2. The summed E-state index contributed by atoms with van der Waals surface area (Å²) in [5.74, 6) is 0.287. The van der Waals surface area contributed by atoms with Gasteiger partial charge in [0.15, 0.2) is 0 Å². The molecule has 0 aromatic carbocycles. The Morgan fingerprint density at radius 3 is 2.84 bits per heavy atom. The van der Waals surface area contributed by atoms with Crippen LogP contribution in [0.5, 0.6) is 0 Å². The zero-order valence-corrected chi connectivity index (χ0v) is 14.7. The van der Waals surface area contributed by atoms with Gasteiger partial charge in [0.05, 0.1) is 17.6 Å². The molecule has 132 valence electrons. The first-order valence-corrected chi connectivity index (χ1v) is 9.07. The average Bonchev–Trinajstić information content (AvgIpc) is 3.15. The van der Waals surface area contributed by atoms with Gasteiger partial charge in [-0.25, -0.2) is 4.98 Å². The van der Waals surface area contributed by atoms with Crippen molar-refractivity contribution in [1.82, 2.24) is 24.8 Å². The molecule has 6 heteroatoms. The number of hydrogen-bond donors (Lipinski definition) is 1. The number of nitrogens with one attached hydrogen (secondary N) is 1. The molecule has 2 aromatic heterocycles. The van der Waals surface area contributed by atoms with Crippen LogP contribution in [0, 0.1) is 6.92 Å². The van der Waals surface area contributed by atoms with Gasteiger partial charge in [-0.05, 0) is 50.4 Å². The Hall–Kier alpha value is -2.21. The van der Waals surface area contributed by atoms with Crippen LogP contribution < -0.4 is 0 Å². The molecule has 2 aromatic rings. The predicted molar refractivity (Wildman–Crippen MR) is 94.6 cm³/mol. The number of aryl methyl sites for hydroxylation is 1. The van der Waals surface area contributed by atoms with Crippen molar-refractivity contribution in [1.29, 1.82) is 0 Å². The molecule has 2 aliphatic heterocycles. The Labute approximate surface area is 148 Å². The summed E-state index contributed by atoms with van der Waals surface area (Å²) in [4.78, 5) is 28.9. The van der Waals surface area contributed by atoms with Gasteiger partial charge in [0.2, 0.25) is 5.91 Å². The molecule has 1 N–H and O–H groups in total. The number of amides is 1. The molecule has 0 aliphatic carbocycles. The molecule has 4 heterocycles. The Bertz CT molecular complexity index is 743. The van der Waals surface area contributed by atoms with Crippen LogP contribution in [0.4, 0.5) is 0 Å². The van der Waals surface area contributed by atoms with E-state index in [2.05, 4.69) is 31.7 Å². The molecule has 0 saturated carbocycles. The van der Waals surface area contributed by atoms with Crippen molar-refractivity contribution in [2.45, 2.75) is 51.2 Å². The highest BCUT2D eigenvalue weighted by molar-refractivity contribution is 5.79. The van der Waals surface area contributed by atoms with Crippen LogP contribution in [0.3, 0.4) is 0 Å². The van der Waals surface area contributed by atoms with Crippen LogP contribution >= 0.6 is 0 Å². The number of aromatic nitrogens is 3. The fourth-order valence-corrected chi connectivity index (χ4v) is 4.32. The van der Waals surface area contributed by atoms with Gasteiger partial charge < -0.3 is 9.88 Å². The summed E-state index contributed by atoms with van der Waals surface area (Å²) in [5, 5.41) is 0. The smallest absolute Gasteiger partial charge is 0.223 e. The first kappa shape index (κ1) is 16.3. The summed E-state index contributed by atoms with van der Waals surface area (Å²) in [5.41, 5.74) is 3.38. The third kappa shape index (κ3) is 3.18. The topological polar surface area (TPSA) is 65.1 Å². The summed E-state index contributed by atoms with van der Waals surface area (Å²) < 4.78 is 0. The van der Waals surface area contributed by atoms with Gasteiger partial charge in [0, 0.05) is 44.1 Å². The molecule has 25 heavy (non-hydrogen) atoms. The average molecular weight is 339 g/mol. The number of piperidine rings is 1. The summed E-state index contributed by atoms with van der Waals surface area (Å²) >= 11 is 0. The number of H-pyrrole nitrogens is 1. The Balaban J connectivity index is 1.52. The predicted octanol–water partition coefficient (Wildman–Crippen LogP) is 2.27. The summed E-state index contributed by atoms with van der Waals surface area (Å²) in [6.45, 7) is 5.63. The second-order valence-electron chi connectivity index (χ2n) is 7.35. The van der Waals surface area contributed by atoms with E-state index in [4.69, 9.17) is 0 Å². The zero-order valence-electron chi connectivity index (χ0n) is 14.7. The van der Waals surface area contributed by atoms with Crippen molar-refractivity contribution in [3.63, 3.8) is 0 Å². The molecule has 0 bridgehead atoms. The number of nitrogens with zero attached hydrogens (tertiary/aromatic N) is 4. The van der Waals surface area contributed by atoms with Gasteiger partial charge >= 0.3 is 0 Å². The van der Waals surface area contributed by atoms with E-state index >= 15 is 0 Å². The van der Waals surface area contributed by atoms with E-state index < -0.39 is 0 Å². The highest BCUT2D eigenvalue weighted by Crippen LogP contribution is 2.39. The molecule has 6 nitrogen and oxygen atoms in total. The van der Waals surface area contributed by atoms with Crippen LogP contribution in [0.1, 0.15) is 42.6 Å². The van der Waals surface area contributed by atoms with Crippen molar-refractivity contribution in [2.75, 3.05) is 13.1 Å². The molecule has 1 unspecified atom stereocenters. The number of carbonyl (C=O) groups excluding carboxylic acids is 1. The zero-order chi connectivity index (χ0) is 17.3. The lowest BCUT2D eigenvalue weighted by Gasteiger charge is -2.46. The normalized spacial score (nSPS) is 24.4. The molecule has 2 aliphatic rings. The number of hydrogen-bond acceptors (Lipinski definition) is 4. The summed E-state index contributed by atoms with van der Waals surface area (Å²) in [6, 6.07) is 4.01. The number of pyridine rings is 1. The largest absolute Gasteiger partial charge is 0.348 e. The molecule has 1 amide bonds. The van der Waals surface area contributed by atoms with E-state index in [-0.39, 0.29) is 11.4 Å². The summed E-state index contributed by atoms with van der Waals surface area (Å²) in [6.07, 6.45) is 9.22. The van der Waals surface area contributed by atoms with Gasteiger partial charge in [0.25, 0.3) is 0 Å². The SMILES string of the molecule is Cc1[nH]cnc1CN1CCCC2(CCC(=O)N2Cc2ccncc2)C1. The molecule has 1 spiro atoms. The molecule has 2 fully saturated rings. The lowest BCUT2D eigenvalue weighted by atomic mass is 9.86. The highest BCUT2D eigenvalue weighted by Gasteiger charge is 2.47. The quantitative estimate of drug-likeness (QED) is 0.928. The van der Waals surface area contributed by atoms with Crippen LogP contribution in [-0.4, -0.2) is 49.3 Å². The van der Waals surface area contributed by atoms with E-state index in [1.807, 2.05) is 12.1 Å². The van der Waals surface area contributed by atoms with Crippen LogP contribution in [0.15, 0.2) is 30.9 Å². The minimum Gasteiger partial charge on any atom is -0.348 e. The van der Waals surface area contributed by atoms with Crippen molar-refractivity contribution < 1.29 is 4.79 Å². The summed E-state index contributed by atoms with van der Waals surface area (Å²) in [7, 11) is 0. The third-order valence-electron chi connectivity index (χ3n) is 5.71. The maximum atomic E-state index is 12.6. The maximum absolute atomic E-state index is 12.6. The van der Waals surface area contributed by atoms with Gasteiger partial charge in [-0.1, -0.05) is 0 Å². The van der Waals surface area contributed by atoms with Crippen molar-refractivity contribution in [3.05, 3.63) is 47.8 Å². The van der Waals surface area contributed by atoms with Crippen LogP contribution in [0.25, 0.3) is 0 Å². The van der Waals surface area contributed by atoms with Gasteiger partial charge in [-0.3, -0.25) is 14.7 Å². The number of aromatic amines is 1. The van der Waals surface area contributed by atoms with Crippen molar-refractivity contribution in [2.24, 2.45) is 0 Å². The van der Waals surface area contributed by atoms with Crippen LogP contribution in [0.2, 0.25) is 0 Å². The maximum Gasteiger partial charge on any atom is 0.223 e. The van der Waals surface area contributed by atoms with E-state index in [1.54, 1.807) is 18.7 Å². The van der Waals surface area contributed by atoms with Crippen molar-refractivity contribution in [3.8, 4) is 0 Å². The molecular formula is C19H25N5O. The number of rotatable bonds is 4. The number of carbonyl (C=O) groups is 1. The Morgan fingerprint density at radius 2 is 2.08 bits per heavy atom. The molecule has 2 saturated heterocycles. The molecule has 1 atom stereocenters. The van der Waals surface area contributed by atoms with Gasteiger partial charge in [-0.2, -0.15) is 0 Å². The minimum absolute atomic E-state index is 0.0250. The molecule has 0 radical (unpaired) electrons. The first-order valence-electron chi connectivity index (χ1n) is 9.07. The second kappa shape index (κ2) is 6.59. The van der Waals surface area contributed by atoms with E-state index in [1.165, 1.54) is 0 Å². The number of likely N-dealkylation sites (tertiary alicyclic amines) is 2. The van der Waals surface area contributed by atoms with Gasteiger partial charge in [0.1, 0.15) is 0 Å². The van der Waals surface area contributed by atoms with E-state index in [0.717, 1.165) is 55.8 Å². The third-order valence-corrected chi connectivity index (χ3v) is 5.71. The highest BCUT2D eigenvalue weighted by atomic mass is 16.2. The Kier molecular flexibility index (Phi) is 4.29. The lowest BCUT2D eigenvalue weighted by Crippen LogP contribution is -2.56. The van der Waals surface area contributed by atoms with Crippen molar-refractivity contribution >= 4 is 5.91 Å². The fraction of sp³-hybridized carbons (Fsp3) is 0.526. The standard InChI is InChI=1S/C19H25N5O/c1-15-17(22-14-21-15)12-23-10-2-6-19(13-23)7-3-18(25)24(19)11-16-4-8-20-9-5-16/h4-5,8-9,14H,2-3,6-7,10-13H2,1H3,(H,21,22). The Morgan fingerprint density at radius 1 is 1.24 bits per heavy atom. The molecular weight excluding hydrogens is 314 g/mol. The number of imidazole rings is 1. The second-order valence-corrected chi connectivity index (χ2v) is 7.35. The van der Waals surface area contributed by atoms with E-state index in [9.17, 15) is 4.79 Å². The monoisotopic (exact) mass is 339 g/mol. The van der Waals surface area contributed by atoms with E-state index in [0.29, 0.717) is 13.0 Å². The molecule has 4 rings (SSSR count). The fourth-order valence-electron chi connectivity index (χ4n) is 4.32. The lowest BCUT2D eigenvalue weighted by molar-refractivity contribution is -0.133. The van der Waals surface area contributed by atoms with Crippen LogP contribution in [-0.2, 0) is 17.9 Å². The minimum atomic E-state index is -0.0250. The van der Waals surface area contributed by atoms with Gasteiger partial charge in [-0.15, -0.1) is 0 Å².